The van der Waals surface area contributed by atoms with E-state index in [0.717, 1.165) is 18.4 Å². The van der Waals surface area contributed by atoms with Gasteiger partial charge >= 0.3 is 0 Å². The Kier molecular flexibility index (Phi) is 4.12. The quantitative estimate of drug-likeness (QED) is 0.347. The summed E-state index contributed by atoms with van der Waals surface area (Å²) in [6.07, 6.45) is 8.70. The van der Waals surface area contributed by atoms with Crippen LogP contribution in [-0.2, 0) is 0 Å². The summed E-state index contributed by atoms with van der Waals surface area (Å²) in [5.74, 6) is 2.53. The lowest BCUT2D eigenvalue weighted by molar-refractivity contribution is -0.154. The Morgan fingerprint density at radius 1 is 1.12 bits per heavy atom. The molecule has 3 saturated carbocycles. The zero-order valence-electron chi connectivity index (χ0n) is 15.3. The van der Waals surface area contributed by atoms with E-state index < -0.39 is 29.3 Å². The van der Waals surface area contributed by atoms with Crippen molar-refractivity contribution < 1.29 is 25.5 Å². The van der Waals surface area contributed by atoms with Gasteiger partial charge in [-0.05, 0) is 67.3 Å². The molecular weight excluding hydrogens is 332 g/mol. The van der Waals surface area contributed by atoms with Gasteiger partial charge in [-0.25, -0.2) is 0 Å². The molecule has 5 N–H and O–H groups in total. The van der Waals surface area contributed by atoms with E-state index in [2.05, 4.69) is 12.8 Å². The van der Waals surface area contributed by atoms with Crippen LogP contribution in [0, 0.1) is 40.9 Å². The van der Waals surface area contributed by atoms with Gasteiger partial charge in [0, 0.05) is 5.41 Å². The van der Waals surface area contributed by atoms with Gasteiger partial charge < -0.3 is 25.5 Å². The smallest absolute Gasteiger partial charge is 0.133 e. The fraction of sp³-hybridized carbons (Fsp3) is 0.810. The molecule has 0 heterocycles. The second-order valence-corrected chi connectivity index (χ2v) is 9.27. The highest BCUT2D eigenvalue weighted by Crippen LogP contribution is 2.67. The molecule has 0 amide bonds. The molecule has 0 radical (unpaired) electrons. The van der Waals surface area contributed by atoms with E-state index in [1.807, 2.05) is 0 Å². The minimum atomic E-state index is -1.33. The minimum absolute atomic E-state index is 0.0547. The van der Waals surface area contributed by atoms with Gasteiger partial charge in [0.05, 0.1) is 18.8 Å². The Bertz CT molecular complexity index is 668. The summed E-state index contributed by atoms with van der Waals surface area (Å²) in [5.41, 5.74) is -1.62. The number of terminal acetylenes is 1. The van der Waals surface area contributed by atoms with E-state index in [0.29, 0.717) is 25.7 Å². The molecule has 0 spiro atoms. The maximum atomic E-state index is 11.0. The third-order valence-corrected chi connectivity index (χ3v) is 8.57. The number of aliphatic hydroxyl groups excluding tert-OH is 4. The highest BCUT2D eigenvalue weighted by Gasteiger charge is 2.67. The predicted molar refractivity (Wildman–Crippen MR) is 95.7 cm³/mol. The lowest BCUT2D eigenvalue weighted by Gasteiger charge is -2.60. The summed E-state index contributed by atoms with van der Waals surface area (Å²) >= 11 is 0. The van der Waals surface area contributed by atoms with Crippen molar-refractivity contribution in [2.45, 2.75) is 69.4 Å². The molecule has 0 aromatic carbocycles. The Morgan fingerprint density at radius 2 is 1.81 bits per heavy atom. The van der Waals surface area contributed by atoms with Gasteiger partial charge in [-0.2, -0.15) is 0 Å². The summed E-state index contributed by atoms with van der Waals surface area (Å²) in [6, 6.07) is 0. The van der Waals surface area contributed by atoms with Crippen LogP contribution in [0.5, 0.6) is 0 Å². The van der Waals surface area contributed by atoms with Crippen molar-refractivity contribution in [3.63, 3.8) is 0 Å². The molecule has 144 valence electrons. The van der Waals surface area contributed by atoms with Gasteiger partial charge in [-0.3, -0.25) is 0 Å². The van der Waals surface area contributed by atoms with Crippen molar-refractivity contribution >= 4 is 0 Å². The summed E-state index contributed by atoms with van der Waals surface area (Å²) in [6.45, 7) is 1.95. The van der Waals surface area contributed by atoms with Crippen LogP contribution in [0.1, 0.15) is 45.4 Å². The molecule has 5 nitrogen and oxygen atoms in total. The Morgan fingerprint density at radius 3 is 2.46 bits per heavy atom. The number of fused-ring (bicyclic) bond motifs is 5. The summed E-state index contributed by atoms with van der Waals surface area (Å²) < 4.78 is 0. The summed E-state index contributed by atoms with van der Waals surface area (Å²) in [5, 5.41) is 52.8. The maximum absolute atomic E-state index is 11.0. The average molecular weight is 362 g/mol. The van der Waals surface area contributed by atoms with Gasteiger partial charge in [0.15, 0.2) is 0 Å². The highest BCUT2D eigenvalue weighted by molar-refractivity contribution is 5.33. The van der Waals surface area contributed by atoms with E-state index in [1.54, 1.807) is 6.08 Å². The fourth-order valence-corrected chi connectivity index (χ4v) is 7.08. The largest absolute Gasteiger partial charge is 0.396 e. The van der Waals surface area contributed by atoms with Crippen LogP contribution in [0.3, 0.4) is 0 Å². The van der Waals surface area contributed by atoms with E-state index in [1.165, 1.54) is 0 Å². The molecule has 0 bridgehead atoms. The Hall–Kier alpha value is -0.900. The van der Waals surface area contributed by atoms with E-state index in [4.69, 9.17) is 6.42 Å². The summed E-state index contributed by atoms with van der Waals surface area (Å²) in [7, 11) is 0. The standard InChI is InChI=1S/C21H30O5/c1-3-21(26)9-5-13-17-12(4-8-20(13,21)11-22)19(2)7-6-15(23)18(25)14(19)10-16(17)24/h1,10,12-13,15-18,22-26H,4-9,11H2,2H3/t12-,13-,15-,16-,17+,18-,19+,20+,21-/m0/s1. The van der Waals surface area contributed by atoms with Crippen LogP contribution in [-0.4, -0.2) is 56.1 Å². The van der Waals surface area contributed by atoms with Crippen molar-refractivity contribution in [2.24, 2.45) is 28.6 Å². The third-order valence-electron chi connectivity index (χ3n) is 8.57. The first-order chi connectivity index (χ1) is 12.2. The molecule has 0 unspecified atom stereocenters. The van der Waals surface area contributed by atoms with Crippen molar-refractivity contribution in [2.75, 3.05) is 6.61 Å². The fourth-order valence-electron chi connectivity index (χ4n) is 7.08. The van der Waals surface area contributed by atoms with Crippen LogP contribution in [0.2, 0.25) is 0 Å². The van der Waals surface area contributed by atoms with E-state index in [9.17, 15) is 25.5 Å². The molecule has 5 heteroatoms. The normalized spacial score (nSPS) is 56.0. The zero-order valence-corrected chi connectivity index (χ0v) is 15.3. The van der Waals surface area contributed by atoms with Crippen LogP contribution in [0.4, 0.5) is 0 Å². The van der Waals surface area contributed by atoms with E-state index in [-0.39, 0.29) is 29.8 Å². The molecule has 4 aliphatic carbocycles. The molecule has 9 atom stereocenters. The first-order valence-electron chi connectivity index (χ1n) is 9.81. The molecule has 3 fully saturated rings. The Balaban J connectivity index is 1.78. The Labute approximate surface area is 154 Å². The average Bonchev–Trinajstić information content (AvgIpc) is 2.94. The number of rotatable bonds is 1. The van der Waals surface area contributed by atoms with Gasteiger partial charge in [0.1, 0.15) is 11.7 Å². The van der Waals surface area contributed by atoms with Crippen LogP contribution >= 0.6 is 0 Å². The van der Waals surface area contributed by atoms with Crippen molar-refractivity contribution in [3.05, 3.63) is 11.6 Å². The summed E-state index contributed by atoms with van der Waals surface area (Å²) in [4.78, 5) is 0. The monoisotopic (exact) mass is 362 g/mol. The second-order valence-electron chi connectivity index (χ2n) is 9.27. The predicted octanol–water partition coefficient (Wildman–Crippen LogP) is 0.588. The third kappa shape index (κ3) is 2.05. The lowest BCUT2D eigenvalue weighted by atomic mass is 9.46. The second kappa shape index (κ2) is 5.80. The number of hydrogen-bond donors (Lipinski definition) is 5. The van der Waals surface area contributed by atoms with Gasteiger partial charge in [-0.15, -0.1) is 6.42 Å². The van der Waals surface area contributed by atoms with Gasteiger partial charge in [0.25, 0.3) is 0 Å². The molecular formula is C21H30O5. The first kappa shape index (κ1) is 18.5. The minimum Gasteiger partial charge on any atom is -0.396 e. The first-order valence-corrected chi connectivity index (χ1v) is 9.81. The van der Waals surface area contributed by atoms with Crippen LogP contribution < -0.4 is 0 Å². The lowest BCUT2D eigenvalue weighted by Crippen LogP contribution is -2.61. The van der Waals surface area contributed by atoms with Crippen molar-refractivity contribution in [1.29, 1.82) is 0 Å². The number of hydrogen-bond acceptors (Lipinski definition) is 5. The molecule has 0 aliphatic heterocycles. The van der Waals surface area contributed by atoms with Crippen molar-refractivity contribution in [1.82, 2.24) is 0 Å². The molecule has 4 rings (SSSR count). The molecule has 0 aromatic heterocycles. The molecule has 4 aliphatic rings. The van der Waals surface area contributed by atoms with E-state index >= 15 is 0 Å². The molecule has 0 aromatic rings. The van der Waals surface area contributed by atoms with Crippen LogP contribution in [0.25, 0.3) is 0 Å². The maximum Gasteiger partial charge on any atom is 0.133 e. The van der Waals surface area contributed by atoms with Gasteiger partial charge in [-0.1, -0.05) is 18.9 Å². The topological polar surface area (TPSA) is 101 Å². The number of aliphatic hydroxyl groups is 5. The van der Waals surface area contributed by atoms with Crippen LogP contribution in [0.15, 0.2) is 11.6 Å². The highest BCUT2D eigenvalue weighted by atomic mass is 16.3. The van der Waals surface area contributed by atoms with Gasteiger partial charge in [0.2, 0.25) is 0 Å². The molecule has 0 saturated heterocycles. The van der Waals surface area contributed by atoms with Crippen molar-refractivity contribution in [3.8, 4) is 12.3 Å². The molecule has 26 heavy (non-hydrogen) atoms. The zero-order chi connectivity index (χ0) is 18.9. The SMILES string of the molecule is C#C[C@]1(O)CC[C@H]2[C@@H]3[C@@H](O)C=C4[C@H](O)[C@@H](O)CC[C@]4(C)[C@H]3CC[C@@]21CO.